The Labute approximate surface area is 161 Å². The summed E-state index contributed by atoms with van der Waals surface area (Å²) in [6.07, 6.45) is 7.23. The number of aromatic nitrogens is 2. The highest BCUT2D eigenvalue weighted by Crippen LogP contribution is 2.41. The van der Waals surface area contributed by atoms with Crippen LogP contribution >= 0.6 is 0 Å². The third-order valence-corrected chi connectivity index (χ3v) is 6.55. The van der Waals surface area contributed by atoms with Gasteiger partial charge in [-0.1, -0.05) is 0 Å². The summed E-state index contributed by atoms with van der Waals surface area (Å²) in [5.74, 6) is -1.56. The summed E-state index contributed by atoms with van der Waals surface area (Å²) < 4.78 is 16.9. The number of hydrogen-bond donors (Lipinski definition) is 2. The first-order chi connectivity index (χ1) is 13.5. The SMILES string of the molecule is CNC1CCC2CCC1N2c1nc2c(cc1F)c(=O)c(C(=O)O)cn2C1CC1. The van der Waals surface area contributed by atoms with Crippen LogP contribution in [0.4, 0.5) is 10.2 Å². The molecule has 3 fully saturated rings. The number of halogens is 1. The number of likely N-dealkylation sites (N-methyl/N-ethyl adjacent to an activating group) is 1. The maximum atomic E-state index is 15.2. The molecule has 3 atom stereocenters. The number of rotatable bonds is 4. The lowest BCUT2D eigenvalue weighted by molar-refractivity contribution is 0.0695. The van der Waals surface area contributed by atoms with Gasteiger partial charge in [0.1, 0.15) is 11.2 Å². The zero-order chi connectivity index (χ0) is 19.6. The first-order valence-corrected chi connectivity index (χ1v) is 9.94. The van der Waals surface area contributed by atoms with Gasteiger partial charge in [0, 0.05) is 30.4 Å². The molecule has 0 amide bonds. The average Bonchev–Trinajstić information content (AvgIpc) is 3.47. The van der Waals surface area contributed by atoms with Crippen LogP contribution in [0.15, 0.2) is 17.1 Å². The largest absolute Gasteiger partial charge is 0.477 e. The maximum absolute atomic E-state index is 15.2. The zero-order valence-corrected chi connectivity index (χ0v) is 15.7. The number of carboxylic acid groups (broad SMARTS) is 1. The van der Waals surface area contributed by atoms with Crippen molar-refractivity contribution in [1.82, 2.24) is 14.9 Å². The van der Waals surface area contributed by atoms with Crippen molar-refractivity contribution in [2.75, 3.05) is 11.9 Å². The van der Waals surface area contributed by atoms with Crippen molar-refractivity contribution in [3.05, 3.63) is 33.9 Å². The lowest BCUT2D eigenvalue weighted by Crippen LogP contribution is -2.53. The Morgan fingerprint density at radius 3 is 2.61 bits per heavy atom. The summed E-state index contributed by atoms with van der Waals surface area (Å²) in [4.78, 5) is 30.8. The molecule has 2 N–H and O–H groups in total. The van der Waals surface area contributed by atoms with Gasteiger partial charge in [-0.25, -0.2) is 14.2 Å². The number of carboxylic acids is 1. The second-order valence-corrected chi connectivity index (χ2v) is 8.16. The Morgan fingerprint density at radius 1 is 1.21 bits per heavy atom. The second-order valence-electron chi connectivity index (χ2n) is 8.16. The highest BCUT2D eigenvalue weighted by atomic mass is 19.1. The number of hydrogen-bond acceptors (Lipinski definition) is 5. The van der Waals surface area contributed by atoms with Crippen molar-refractivity contribution in [1.29, 1.82) is 0 Å². The van der Waals surface area contributed by atoms with Gasteiger partial charge in [0.2, 0.25) is 5.43 Å². The monoisotopic (exact) mass is 386 g/mol. The molecule has 2 saturated heterocycles. The first kappa shape index (κ1) is 17.6. The highest BCUT2D eigenvalue weighted by molar-refractivity contribution is 5.92. The van der Waals surface area contributed by atoms with E-state index in [4.69, 9.17) is 0 Å². The molecule has 2 aliphatic heterocycles. The van der Waals surface area contributed by atoms with Gasteiger partial charge in [-0.3, -0.25) is 4.79 Å². The van der Waals surface area contributed by atoms with E-state index in [0.717, 1.165) is 38.5 Å². The van der Waals surface area contributed by atoms with E-state index in [2.05, 4.69) is 15.2 Å². The number of nitrogens with zero attached hydrogens (tertiary/aromatic N) is 3. The van der Waals surface area contributed by atoms with Crippen LogP contribution in [0.25, 0.3) is 11.0 Å². The predicted octanol–water partition coefficient (Wildman–Crippen LogP) is 2.29. The smallest absolute Gasteiger partial charge is 0.341 e. The van der Waals surface area contributed by atoms with Gasteiger partial charge in [-0.05, 0) is 51.6 Å². The van der Waals surface area contributed by atoms with E-state index in [0.29, 0.717) is 5.65 Å². The summed E-state index contributed by atoms with van der Waals surface area (Å²) in [6, 6.07) is 2.04. The van der Waals surface area contributed by atoms with Crippen LogP contribution in [-0.4, -0.2) is 45.8 Å². The van der Waals surface area contributed by atoms with E-state index >= 15 is 4.39 Å². The summed E-state index contributed by atoms with van der Waals surface area (Å²) >= 11 is 0. The third-order valence-electron chi connectivity index (χ3n) is 6.55. The standard InChI is InChI=1S/C20H23FN4O3/c1-22-15-6-4-11-5-7-16(15)25(11)19-14(21)8-12-17(26)13(20(27)28)9-24(10-2-3-10)18(12)23-19/h8-11,15-16,22H,2-7H2,1H3,(H,27,28). The normalized spacial score (nSPS) is 26.8. The van der Waals surface area contributed by atoms with E-state index in [1.807, 2.05) is 7.05 Å². The highest BCUT2D eigenvalue weighted by Gasteiger charge is 2.43. The lowest BCUT2D eigenvalue weighted by Gasteiger charge is -2.41. The number of fused-ring (bicyclic) bond motifs is 3. The van der Waals surface area contributed by atoms with Crippen molar-refractivity contribution < 1.29 is 14.3 Å². The molecule has 0 spiro atoms. The minimum atomic E-state index is -1.29. The van der Waals surface area contributed by atoms with Crippen molar-refractivity contribution in [2.24, 2.45) is 0 Å². The number of piperidine rings is 1. The zero-order valence-electron chi connectivity index (χ0n) is 15.7. The number of aromatic carboxylic acids is 1. The molecule has 2 bridgehead atoms. The van der Waals surface area contributed by atoms with Gasteiger partial charge in [0.25, 0.3) is 0 Å². The molecule has 28 heavy (non-hydrogen) atoms. The molecule has 0 radical (unpaired) electrons. The van der Waals surface area contributed by atoms with Gasteiger partial charge < -0.3 is 19.9 Å². The molecule has 0 aromatic carbocycles. The minimum Gasteiger partial charge on any atom is -0.477 e. The van der Waals surface area contributed by atoms with Crippen molar-refractivity contribution in [3.63, 3.8) is 0 Å². The Balaban J connectivity index is 1.71. The third kappa shape index (κ3) is 2.54. The summed E-state index contributed by atoms with van der Waals surface area (Å²) in [5.41, 5.74) is -0.617. The van der Waals surface area contributed by atoms with Crippen LogP contribution in [0.5, 0.6) is 0 Å². The molecule has 2 aromatic rings. The van der Waals surface area contributed by atoms with Crippen LogP contribution in [0.1, 0.15) is 54.9 Å². The molecule has 1 aliphatic carbocycles. The fraction of sp³-hybridized carbons (Fsp3) is 0.550. The molecule has 7 nitrogen and oxygen atoms in total. The maximum Gasteiger partial charge on any atom is 0.341 e. The Kier molecular flexibility index (Phi) is 3.94. The van der Waals surface area contributed by atoms with Crippen LogP contribution in [0.2, 0.25) is 0 Å². The van der Waals surface area contributed by atoms with Crippen molar-refractivity contribution in [2.45, 2.75) is 62.7 Å². The van der Waals surface area contributed by atoms with Crippen molar-refractivity contribution >= 4 is 22.8 Å². The molecule has 5 rings (SSSR count). The first-order valence-electron chi connectivity index (χ1n) is 9.94. The quantitative estimate of drug-likeness (QED) is 0.838. The molecular formula is C20H23FN4O3. The second kappa shape index (κ2) is 6.27. The molecule has 148 valence electrons. The fourth-order valence-corrected chi connectivity index (χ4v) is 5.02. The Morgan fingerprint density at radius 2 is 1.93 bits per heavy atom. The number of carbonyl (C=O) groups is 1. The van der Waals surface area contributed by atoms with E-state index in [-0.39, 0.29) is 40.9 Å². The van der Waals surface area contributed by atoms with Crippen LogP contribution in [-0.2, 0) is 0 Å². The number of pyridine rings is 2. The molecule has 3 aliphatic rings. The average molecular weight is 386 g/mol. The van der Waals surface area contributed by atoms with E-state index in [1.54, 1.807) is 4.57 Å². The van der Waals surface area contributed by atoms with Gasteiger partial charge in [0.15, 0.2) is 11.6 Å². The fourth-order valence-electron chi connectivity index (χ4n) is 5.02. The molecule has 1 saturated carbocycles. The van der Waals surface area contributed by atoms with Gasteiger partial charge in [-0.15, -0.1) is 0 Å². The topological polar surface area (TPSA) is 87.5 Å². The van der Waals surface area contributed by atoms with E-state index in [9.17, 15) is 14.7 Å². The van der Waals surface area contributed by atoms with E-state index in [1.165, 1.54) is 12.3 Å². The molecular weight excluding hydrogens is 363 g/mol. The van der Waals surface area contributed by atoms with Crippen LogP contribution < -0.4 is 15.6 Å². The predicted molar refractivity (Wildman–Crippen MR) is 103 cm³/mol. The lowest BCUT2D eigenvalue weighted by atomic mass is 9.97. The molecule has 3 unspecified atom stereocenters. The Bertz CT molecular complexity index is 1030. The minimum absolute atomic E-state index is 0.0440. The summed E-state index contributed by atoms with van der Waals surface area (Å²) in [5, 5.41) is 12.8. The van der Waals surface area contributed by atoms with Gasteiger partial charge in [-0.2, -0.15) is 0 Å². The van der Waals surface area contributed by atoms with Gasteiger partial charge >= 0.3 is 5.97 Å². The molecule has 4 heterocycles. The Hall–Kier alpha value is -2.48. The van der Waals surface area contributed by atoms with Crippen LogP contribution in [0.3, 0.4) is 0 Å². The molecule has 8 heteroatoms. The summed E-state index contributed by atoms with van der Waals surface area (Å²) in [7, 11) is 1.93. The van der Waals surface area contributed by atoms with Gasteiger partial charge in [0.05, 0.1) is 5.39 Å². The van der Waals surface area contributed by atoms with E-state index < -0.39 is 17.2 Å². The van der Waals surface area contributed by atoms with Crippen LogP contribution in [0, 0.1) is 5.82 Å². The number of anilines is 1. The van der Waals surface area contributed by atoms with Crippen molar-refractivity contribution in [3.8, 4) is 0 Å². The summed E-state index contributed by atoms with van der Waals surface area (Å²) in [6.45, 7) is 0. The molecule has 2 aromatic heterocycles. The number of nitrogens with one attached hydrogen (secondary N) is 1.